The number of aromatic nitrogens is 6. The zero-order valence-electron chi connectivity index (χ0n) is 72.2. The Morgan fingerprint density at radius 2 is 0.250 bits per heavy atom. The van der Waals surface area contributed by atoms with E-state index in [0.717, 1.165) is 22.7 Å². The van der Waals surface area contributed by atoms with E-state index in [9.17, 15) is 0 Å². The zero-order chi connectivity index (χ0) is 87.1. The molecule has 27 aromatic rings. The number of fused-ring (bicyclic) bond motifs is 21. The Kier molecular flexibility index (Phi) is 18.8. The fourth-order valence-corrected chi connectivity index (χ4v) is 20.8. The monoisotopic (exact) mass is 1680 g/mol. The highest BCUT2D eigenvalue weighted by atomic mass is 15.0. The molecule has 0 spiro atoms. The van der Waals surface area contributed by atoms with E-state index in [2.05, 4.69) is 537 Å². The number of hydrogen-bond acceptors (Lipinski definition) is 0. The van der Waals surface area contributed by atoms with Gasteiger partial charge in [0.2, 0.25) is 0 Å². The average Bonchev–Trinajstić information content (AvgIpc) is 1.55. The molecular formula is C126H84N6. The van der Waals surface area contributed by atoms with E-state index in [1.807, 2.05) is 0 Å². The SMILES string of the molecule is c1ccc(-c2ccc(-c3ccc(-n4c5ccccc5c5c4ccc4c6ccccc6n(-c6ccccc6)c45)cc3)cc2)cc1.c1ccc(-c2ccc(-c3ccc(-n4c5ccccc5c5ccc6c(c7ccccc7n6-c6ccccc6)c54)cc3)cc2)cc1.c1ccc(-c2ccc(-n3c4ccccc4c4c3ccc3c5ccccc5n(-c5ccc(-c6ccccc6)cc5)c34)cc2)cc1. The largest absolute Gasteiger partial charge is 0.309 e. The number of para-hydroxylation sites is 8. The van der Waals surface area contributed by atoms with Gasteiger partial charge in [-0.15, -0.1) is 0 Å². The third-order valence-corrected chi connectivity index (χ3v) is 26.8. The third kappa shape index (κ3) is 13.0. The van der Waals surface area contributed by atoms with Crippen LogP contribution in [-0.2, 0) is 0 Å². The average molecular weight is 1680 g/mol. The lowest BCUT2D eigenvalue weighted by Gasteiger charge is -2.11. The Morgan fingerprint density at radius 3 is 0.485 bits per heavy atom. The molecule has 27 rings (SSSR count). The quantitative estimate of drug-likeness (QED) is 0.117. The van der Waals surface area contributed by atoms with Gasteiger partial charge in [-0.2, -0.15) is 0 Å². The first-order chi connectivity index (χ1) is 65.5. The normalized spacial score (nSPS) is 11.6. The molecule has 0 atom stereocenters. The van der Waals surface area contributed by atoms with Crippen LogP contribution in [0.2, 0.25) is 0 Å². The summed E-state index contributed by atoms with van der Waals surface area (Å²) in [6, 6.07) is 184. The van der Waals surface area contributed by atoms with Crippen molar-refractivity contribution in [3.63, 3.8) is 0 Å². The van der Waals surface area contributed by atoms with Crippen LogP contribution in [0.25, 0.3) is 232 Å². The molecule has 6 heterocycles. The predicted octanol–water partition coefficient (Wildman–Crippen LogP) is 33.6. The Balaban J connectivity index is 0.000000106. The second-order valence-electron chi connectivity index (χ2n) is 34.2. The number of rotatable bonds is 12. The minimum absolute atomic E-state index is 1.16. The van der Waals surface area contributed by atoms with E-state index in [4.69, 9.17) is 0 Å². The van der Waals surface area contributed by atoms with E-state index in [1.54, 1.807) is 0 Å². The molecule has 0 unspecified atom stereocenters. The molecule has 6 nitrogen and oxygen atoms in total. The van der Waals surface area contributed by atoms with Crippen LogP contribution in [0.15, 0.2) is 510 Å². The maximum Gasteiger partial charge on any atom is 0.0641 e. The predicted molar refractivity (Wildman–Crippen MR) is 558 cm³/mol. The highest BCUT2D eigenvalue weighted by Crippen LogP contribution is 2.48. The lowest BCUT2D eigenvalue weighted by molar-refractivity contribution is 1.17. The molecule has 0 aliphatic heterocycles. The first kappa shape index (κ1) is 76.8. The third-order valence-electron chi connectivity index (χ3n) is 26.8. The van der Waals surface area contributed by atoms with Crippen molar-refractivity contribution >= 4 is 131 Å². The van der Waals surface area contributed by atoms with Crippen molar-refractivity contribution in [3.05, 3.63) is 510 Å². The van der Waals surface area contributed by atoms with Gasteiger partial charge in [0.15, 0.2) is 0 Å². The maximum absolute atomic E-state index is 2.46. The van der Waals surface area contributed by atoms with Crippen LogP contribution >= 0.6 is 0 Å². The molecule has 0 saturated heterocycles. The van der Waals surface area contributed by atoms with Crippen LogP contribution in [0.4, 0.5) is 0 Å². The Morgan fingerprint density at radius 1 is 0.0909 bits per heavy atom. The summed E-state index contributed by atoms with van der Waals surface area (Å²) in [6.45, 7) is 0. The Bertz CT molecular complexity index is 9020. The van der Waals surface area contributed by atoms with Gasteiger partial charge in [0.05, 0.1) is 66.2 Å². The topological polar surface area (TPSA) is 29.6 Å². The minimum Gasteiger partial charge on any atom is -0.309 e. The van der Waals surface area contributed by atoms with Crippen LogP contribution in [0.3, 0.4) is 0 Å². The molecule has 0 radical (unpaired) electrons. The van der Waals surface area contributed by atoms with Gasteiger partial charge in [0, 0.05) is 98.8 Å². The number of nitrogens with zero attached hydrogens (tertiary/aromatic N) is 6. The summed E-state index contributed by atoms with van der Waals surface area (Å²) < 4.78 is 14.6. The van der Waals surface area contributed by atoms with E-state index < -0.39 is 0 Å². The van der Waals surface area contributed by atoms with Gasteiger partial charge >= 0.3 is 0 Å². The number of benzene rings is 21. The molecule has 6 aromatic heterocycles. The van der Waals surface area contributed by atoms with Gasteiger partial charge in [-0.1, -0.05) is 382 Å². The molecular weight excluding hydrogens is 1600 g/mol. The molecule has 21 aromatic carbocycles. The van der Waals surface area contributed by atoms with Crippen LogP contribution < -0.4 is 0 Å². The van der Waals surface area contributed by atoms with Crippen molar-refractivity contribution in [2.45, 2.75) is 0 Å². The molecule has 0 saturated carbocycles. The summed E-state index contributed by atoms with van der Waals surface area (Å²) in [6.07, 6.45) is 0. The summed E-state index contributed by atoms with van der Waals surface area (Å²) in [7, 11) is 0. The van der Waals surface area contributed by atoms with Crippen LogP contribution in [0.1, 0.15) is 0 Å². The van der Waals surface area contributed by atoms with Crippen molar-refractivity contribution in [1.29, 1.82) is 0 Å². The van der Waals surface area contributed by atoms with Gasteiger partial charge in [0.25, 0.3) is 0 Å². The van der Waals surface area contributed by atoms with Crippen molar-refractivity contribution in [2.75, 3.05) is 0 Å². The fraction of sp³-hybridized carbons (Fsp3) is 0. The van der Waals surface area contributed by atoms with Crippen molar-refractivity contribution in [3.8, 4) is 101 Å². The lowest BCUT2D eigenvalue weighted by Crippen LogP contribution is -1.95. The van der Waals surface area contributed by atoms with Crippen molar-refractivity contribution in [1.82, 2.24) is 27.4 Å². The highest BCUT2D eigenvalue weighted by molar-refractivity contribution is 6.29. The molecule has 0 aliphatic carbocycles. The summed E-state index contributed by atoms with van der Waals surface area (Å²) in [5.41, 5.74) is 36.3. The molecule has 6 heteroatoms. The molecule has 0 bridgehead atoms. The van der Waals surface area contributed by atoms with E-state index in [0.29, 0.717) is 0 Å². The zero-order valence-corrected chi connectivity index (χ0v) is 72.2. The Labute approximate surface area is 763 Å². The van der Waals surface area contributed by atoms with Gasteiger partial charge in [0.1, 0.15) is 0 Å². The van der Waals surface area contributed by atoms with Gasteiger partial charge in [-0.25, -0.2) is 0 Å². The van der Waals surface area contributed by atoms with Gasteiger partial charge < -0.3 is 27.4 Å². The molecule has 132 heavy (non-hydrogen) atoms. The first-order valence-electron chi connectivity index (χ1n) is 45.4. The first-order valence-corrected chi connectivity index (χ1v) is 45.4. The van der Waals surface area contributed by atoms with Crippen molar-refractivity contribution in [2.24, 2.45) is 0 Å². The molecule has 0 fully saturated rings. The standard InChI is InChI=1S/3C42H28N2/c1-3-11-29(12-4-1)31-19-23-33(24-20-31)43-39-18-10-8-16-37(39)41-40(43)28-27-36-35-15-7-9-17-38(35)44(42(36)41)34-25-21-32(22-26-34)30-13-5-2-6-14-30;1-3-11-29(12-4-1)30-19-21-31(22-20-30)32-23-25-34(26-24-32)43-39-18-10-8-16-37(39)41-40(43)28-27-36-35-15-7-9-17-38(35)44(42(36)41)33-13-5-2-6-14-33;1-3-11-29(12-4-1)30-19-21-31(22-20-30)32-23-25-34(26-24-32)44-38-17-9-7-15-35(38)36-27-28-40-41(42(36)44)37-16-8-10-18-39(37)43(40)33-13-5-2-6-14-33/h3*1-28H. The molecule has 618 valence electrons. The van der Waals surface area contributed by atoms with Crippen molar-refractivity contribution < 1.29 is 0 Å². The smallest absolute Gasteiger partial charge is 0.0641 e. The van der Waals surface area contributed by atoms with Crippen LogP contribution in [0.5, 0.6) is 0 Å². The van der Waals surface area contributed by atoms with Gasteiger partial charge in [-0.05, 0) is 194 Å². The number of hydrogen-bond donors (Lipinski definition) is 0. The molecule has 0 aliphatic rings. The summed E-state index contributed by atoms with van der Waals surface area (Å²) in [5, 5.41) is 15.2. The molecule has 0 amide bonds. The second-order valence-corrected chi connectivity index (χ2v) is 34.2. The van der Waals surface area contributed by atoms with Crippen LogP contribution in [0, 0.1) is 0 Å². The maximum atomic E-state index is 2.46. The van der Waals surface area contributed by atoms with Gasteiger partial charge in [-0.3, -0.25) is 0 Å². The highest BCUT2D eigenvalue weighted by Gasteiger charge is 2.26. The van der Waals surface area contributed by atoms with Crippen LogP contribution in [-0.4, -0.2) is 27.4 Å². The molecule has 0 N–H and O–H groups in total. The van der Waals surface area contributed by atoms with E-state index in [-0.39, 0.29) is 0 Å². The summed E-state index contributed by atoms with van der Waals surface area (Å²) in [5.74, 6) is 0. The minimum atomic E-state index is 1.16. The second kappa shape index (κ2) is 32.4. The fourth-order valence-electron chi connectivity index (χ4n) is 20.8. The lowest BCUT2D eigenvalue weighted by atomic mass is 10.0. The summed E-state index contributed by atoms with van der Waals surface area (Å²) in [4.78, 5) is 0. The Hall–Kier alpha value is -17.6. The summed E-state index contributed by atoms with van der Waals surface area (Å²) >= 11 is 0. The van der Waals surface area contributed by atoms with E-state index in [1.165, 1.54) is 209 Å². The van der Waals surface area contributed by atoms with E-state index >= 15 is 0 Å².